The van der Waals surface area contributed by atoms with Crippen molar-refractivity contribution >= 4 is 0 Å². The molecular formula is C23H19FN2O2. The summed E-state index contributed by atoms with van der Waals surface area (Å²) in [6, 6.07) is 22.0. The fraction of sp³-hybridized carbons (Fsp3) is 0.0870. The molecule has 4 aromatic rings. The van der Waals surface area contributed by atoms with Crippen molar-refractivity contribution in [3.8, 4) is 34.1 Å². The highest BCUT2D eigenvalue weighted by Gasteiger charge is 2.11. The summed E-state index contributed by atoms with van der Waals surface area (Å²) in [6.07, 6.45) is 1.79. The van der Waals surface area contributed by atoms with Crippen molar-refractivity contribution in [2.45, 2.75) is 6.61 Å². The van der Waals surface area contributed by atoms with Gasteiger partial charge in [-0.15, -0.1) is 0 Å². The van der Waals surface area contributed by atoms with Gasteiger partial charge in [-0.25, -0.2) is 9.37 Å². The van der Waals surface area contributed by atoms with E-state index in [2.05, 4.69) is 9.97 Å². The largest absolute Gasteiger partial charge is 0.493 e. The van der Waals surface area contributed by atoms with Gasteiger partial charge in [0.25, 0.3) is 0 Å². The Labute approximate surface area is 162 Å². The molecule has 0 radical (unpaired) electrons. The molecule has 0 aliphatic carbocycles. The van der Waals surface area contributed by atoms with Gasteiger partial charge >= 0.3 is 0 Å². The lowest BCUT2D eigenvalue weighted by atomic mass is 10.1. The van der Waals surface area contributed by atoms with Crippen molar-refractivity contribution in [2.75, 3.05) is 7.11 Å². The highest BCUT2D eigenvalue weighted by Crippen LogP contribution is 2.33. The molecule has 0 saturated carbocycles. The first-order chi connectivity index (χ1) is 13.7. The average Bonchev–Trinajstić information content (AvgIpc) is 3.23. The summed E-state index contributed by atoms with van der Waals surface area (Å²) in [5.41, 5.74) is 3.40. The van der Waals surface area contributed by atoms with Crippen LogP contribution >= 0.6 is 0 Å². The zero-order chi connectivity index (χ0) is 19.3. The number of H-pyrrole nitrogens is 1. The number of hydrogen-bond acceptors (Lipinski definition) is 3. The molecule has 0 saturated heterocycles. The smallest absolute Gasteiger partial charge is 0.161 e. The monoisotopic (exact) mass is 374 g/mol. The van der Waals surface area contributed by atoms with Crippen LogP contribution in [0.4, 0.5) is 4.39 Å². The van der Waals surface area contributed by atoms with Crippen molar-refractivity contribution in [3.05, 3.63) is 90.4 Å². The third-order valence-corrected chi connectivity index (χ3v) is 4.37. The highest BCUT2D eigenvalue weighted by atomic mass is 19.1. The summed E-state index contributed by atoms with van der Waals surface area (Å²) in [5.74, 6) is 1.61. The predicted molar refractivity (Wildman–Crippen MR) is 107 cm³/mol. The Hall–Kier alpha value is -3.60. The molecule has 1 N–H and O–H groups in total. The minimum absolute atomic E-state index is 0.294. The van der Waals surface area contributed by atoms with E-state index < -0.39 is 0 Å². The Kier molecular flexibility index (Phi) is 5.06. The lowest BCUT2D eigenvalue weighted by molar-refractivity contribution is 0.284. The van der Waals surface area contributed by atoms with Crippen LogP contribution in [0.5, 0.6) is 11.5 Å². The molecule has 0 amide bonds. The maximum Gasteiger partial charge on any atom is 0.161 e. The van der Waals surface area contributed by atoms with Gasteiger partial charge in [0, 0.05) is 17.3 Å². The molecule has 0 spiro atoms. The van der Waals surface area contributed by atoms with Gasteiger partial charge in [0.15, 0.2) is 11.5 Å². The fourth-order valence-electron chi connectivity index (χ4n) is 2.93. The number of aromatic amines is 1. The molecular weight excluding hydrogens is 355 g/mol. The summed E-state index contributed by atoms with van der Waals surface area (Å²) < 4.78 is 24.8. The van der Waals surface area contributed by atoms with E-state index >= 15 is 0 Å². The zero-order valence-electron chi connectivity index (χ0n) is 15.4. The second-order valence-electron chi connectivity index (χ2n) is 6.28. The lowest BCUT2D eigenvalue weighted by Gasteiger charge is -2.11. The van der Waals surface area contributed by atoms with Crippen LogP contribution in [0.2, 0.25) is 0 Å². The Morgan fingerprint density at radius 3 is 2.54 bits per heavy atom. The van der Waals surface area contributed by atoms with E-state index in [4.69, 9.17) is 9.47 Å². The number of nitrogens with zero attached hydrogens (tertiary/aromatic N) is 1. The van der Waals surface area contributed by atoms with Crippen molar-refractivity contribution in [2.24, 2.45) is 0 Å². The number of benzene rings is 3. The molecule has 0 bridgehead atoms. The summed E-state index contributed by atoms with van der Waals surface area (Å²) in [6.45, 7) is 0.461. The van der Waals surface area contributed by atoms with Gasteiger partial charge in [-0.3, -0.25) is 0 Å². The molecule has 140 valence electrons. The standard InChI is InChI=1S/C23H19FN2O2/c1-27-22-13-17(10-11-21(22)28-15-16-6-3-2-4-7-16)20-14-25-23(26-20)18-8-5-9-19(24)12-18/h2-14H,15H2,1H3,(H,25,26). The highest BCUT2D eigenvalue weighted by molar-refractivity contribution is 5.67. The SMILES string of the molecule is COc1cc(-c2c[nH]c(-c3cccc(F)c3)n2)ccc1OCc1ccccc1. The minimum atomic E-state index is -0.294. The Balaban J connectivity index is 1.56. The van der Waals surface area contributed by atoms with E-state index in [0.29, 0.717) is 29.5 Å². The predicted octanol–water partition coefficient (Wildman–Crippen LogP) is 5.47. The van der Waals surface area contributed by atoms with Gasteiger partial charge in [-0.2, -0.15) is 0 Å². The van der Waals surface area contributed by atoms with Crippen LogP contribution in [0.3, 0.4) is 0 Å². The molecule has 3 aromatic carbocycles. The maximum absolute atomic E-state index is 13.4. The number of methoxy groups -OCH3 is 1. The first-order valence-corrected chi connectivity index (χ1v) is 8.89. The van der Waals surface area contributed by atoms with Gasteiger partial charge < -0.3 is 14.5 Å². The van der Waals surface area contributed by atoms with Gasteiger partial charge in [0.2, 0.25) is 0 Å². The number of rotatable bonds is 6. The quantitative estimate of drug-likeness (QED) is 0.487. The second-order valence-corrected chi connectivity index (χ2v) is 6.28. The molecule has 0 atom stereocenters. The number of hydrogen-bond donors (Lipinski definition) is 1. The van der Waals surface area contributed by atoms with Crippen LogP contribution in [0.25, 0.3) is 22.6 Å². The second kappa shape index (κ2) is 7.96. The van der Waals surface area contributed by atoms with Crippen LogP contribution < -0.4 is 9.47 Å². The Morgan fingerprint density at radius 1 is 0.893 bits per heavy atom. The summed E-state index contributed by atoms with van der Waals surface area (Å²) >= 11 is 0. The van der Waals surface area contributed by atoms with Gasteiger partial charge in [-0.1, -0.05) is 42.5 Å². The summed E-state index contributed by atoms with van der Waals surface area (Å²) in [4.78, 5) is 7.67. The number of halogens is 1. The molecule has 0 unspecified atom stereocenters. The molecule has 28 heavy (non-hydrogen) atoms. The van der Waals surface area contributed by atoms with Crippen molar-refractivity contribution in [3.63, 3.8) is 0 Å². The van der Waals surface area contributed by atoms with Crippen LogP contribution in [-0.4, -0.2) is 17.1 Å². The number of aromatic nitrogens is 2. The molecule has 4 nitrogen and oxygen atoms in total. The number of ether oxygens (including phenoxy) is 2. The van der Waals surface area contributed by atoms with Crippen molar-refractivity contribution in [1.82, 2.24) is 9.97 Å². The third kappa shape index (κ3) is 3.88. The fourth-order valence-corrected chi connectivity index (χ4v) is 2.93. The topological polar surface area (TPSA) is 47.1 Å². The van der Waals surface area contributed by atoms with Gasteiger partial charge in [-0.05, 0) is 35.9 Å². The van der Waals surface area contributed by atoms with Crippen molar-refractivity contribution < 1.29 is 13.9 Å². The van der Waals surface area contributed by atoms with E-state index in [9.17, 15) is 4.39 Å². The Bertz CT molecular complexity index is 1080. The van der Waals surface area contributed by atoms with E-state index in [1.54, 1.807) is 19.4 Å². The summed E-state index contributed by atoms with van der Waals surface area (Å²) in [5, 5.41) is 0. The zero-order valence-corrected chi connectivity index (χ0v) is 15.4. The molecule has 0 fully saturated rings. The van der Waals surface area contributed by atoms with Crippen molar-refractivity contribution in [1.29, 1.82) is 0 Å². The summed E-state index contributed by atoms with van der Waals surface area (Å²) in [7, 11) is 1.61. The van der Waals surface area contributed by atoms with Crippen LogP contribution in [0, 0.1) is 5.82 Å². The molecule has 5 heteroatoms. The van der Waals surface area contributed by atoms with E-state index in [1.807, 2.05) is 54.6 Å². The molecule has 1 aromatic heterocycles. The minimum Gasteiger partial charge on any atom is -0.493 e. The van der Waals surface area contributed by atoms with Crippen LogP contribution in [-0.2, 0) is 6.61 Å². The number of imidazole rings is 1. The van der Waals surface area contributed by atoms with Gasteiger partial charge in [0.05, 0.1) is 12.8 Å². The van der Waals surface area contributed by atoms with Crippen LogP contribution in [0.15, 0.2) is 79.0 Å². The van der Waals surface area contributed by atoms with E-state index in [1.165, 1.54) is 12.1 Å². The first kappa shape index (κ1) is 17.8. The molecule has 1 heterocycles. The molecule has 0 aliphatic heterocycles. The molecule has 4 rings (SSSR count). The number of nitrogens with one attached hydrogen (secondary N) is 1. The first-order valence-electron chi connectivity index (χ1n) is 8.89. The average molecular weight is 374 g/mol. The van der Waals surface area contributed by atoms with E-state index in [-0.39, 0.29) is 5.82 Å². The van der Waals surface area contributed by atoms with Crippen LogP contribution in [0.1, 0.15) is 5.56 Å². The van der Waals surface area contributed by atoms with E-state index in [0.717, 1.165) is 16.8 Å². The molecule has 0 aliphatic rings. The maximum atomic E-state index is 13.4. The lowest BCUT2D eigenvalue weighted by Crippen LogP contribution is -1.97. The third-order valence-electron chi connectivity index (χ3n) is 4.37. The Morgan fingerprint density at radius 2 is 1.75 bits per heavy atom. The normalized spacial score (nSPS) is 10.6. The van der Waals surface area contributed by atoms with Gasteiger partial charge in [0.1, 0.15) is 18.2 Å².